The Bertz CT molecular complexity index is 263. The Morgan fingerprint density at radius 3 is 1.60 bits per heavy atom. The van der Waals surface area contributed by atoms with Crippen LogP contribution in [0.4, 0.5) is 0 Å². The van der Waals surface area contributed by atoms with E-state index in [9.17, 15) is 9.59 Å². The van der Waals surface area contributed by atoms with Crippen LogP contribution in [-0.2, 0) is 9.59 Å². The highest BCUT2D eigenvalue weighted by Gasteiger charge is 2.46. The quantitative estimate of drug-likeness (QED) is 0.699. The first-order valence-electron chi connectivity index (χ1n) is 6.09. The first-order valence-corrected chi connectivity index (χ1v) is 6.09. The highest BCUT2D eigenvalue weighted by Crippen LogP contribution is 2.47. The van der Waals surface area contributed by atoms with E-state index in [1.165, 1.54) is 0 Å². The Hall–Kier alpha value is -0.660. The fraction of sp³-hybridized carbons (Fsp3) is 0.846. The molecule has 2 aliphatic carbocycles. The molecule has 2 aliphatic rings. The number of hydrogen-bond donors (Lipinski definition) is 0. The lowest BCUT2D eigenvalue weighted by Gasteiger charge is -2.35. The summed E-state index contributed by atoms with van der Waals surface area (Å²) in [5.74, 6) is 1.06. The molecule has 0 saturated heterocycles. The number of Topliss-reactive ketones (excluding diaryl/α,β-unsaturated/α-hetero) is 2. The minimum absolute atomic E-state index is 0.0961. The zero-order valence-electron chi connectivity index (χ0n) is 9.71. The predicted octanol–water partition coefficient (Wildman–Crippen LogP) is 2.75. The molecule has 2 nitrogen and oxygen atoms in total. The largest absolute Gasteiger partial charge is 0.299 e. The summed E-state index contributed by atoms with van der Waals surface area (Å²) in [5, 5.41) is 0. The zero-order valence-corrected chi connectivity index (χ0v) is 9.71. The number of hydrogen-bond acceptors (Lipinski definition) is 2. The van der Waals surface area contributed by atoms with Crippen molar-refractivity contribution >= 4 is 11.6 Å². The van der Waals surface area contributed by atoms with Gasteiger partial charge in [0.05, 0.1) is 0 Å². The molecule has 0 aromatic heterocycles. The van der Waals surface area contributed by atoms with Gasteiger partial charge >= 0.3 is 0 Å². The molecule has 0 heterocycles. The lowest BCUT2D eigenvalue weighted by Crippen LogP contribution is -2.36. The van der Waals surface area contributed by atoms with Crippen molar-refractivity contribution in [1.82, 2.24) is 0 Å². The maximum absolute atomic E-state index is 11.8. The van der Waals surface area contributed by atoms with Crippen molar-refractivity contribution < 1.29 is 9.59 Å². The molecule has 2 unspecified atom stereocenters. The maximum atomic E-state index is 11.8. The van der Waals surface area contributed by atoms with Gasteiger partial charge in [0.2, 0.25) is 0 Å². The summed E-state index contributed by atoms with van der Waals surface area (Å²) >= 11 is 0. The van der Waals surface area contributed by atoms with Crippen LogP contribution in [0.15, 0.2) is 0 Å². The molecular formula is C13H20O2. The molecular weight excluding hydrogens is 188 g/mol. The SMILES string of the molecule is CC(C)(C1CCCC1=O)C1CCCC1=O. The Kier molecular flexibility index (Phi) is 2.70. The third-order valence-corrected chi connectivity index (χ3v) is 4.41. The lowest BCUT2D eigenvalue weighted by atomic mass is 9.67. The van der Waals surface area contributed by atoms with E-state index in [0.29, 0.717) is 11.6 Å². The molecule has 0 aromatic carbocycles. The lowest BCUT2D eigenvalue weighted by molar-refractivity contribution is -0.129. The fourth-order valence-electron chi connectivity index (χ4n) is 3.45. The summed E-state index contributed by atoms with van der Waals surface area (Å²) in [4.78, 5) is 23.5. The van der Waals surface area contributed by atoms with Crippen LogP contribution in [0.2, 0.25) is 0 Å². The summed E-state index contributed by atoms with van der Waals surface area (Å²) in [6.07, 6.45) is 5.50. The van der Waals surface area contributed by atoms with Crippen LogP contribution in [0.5, 0.6) is 0 Å². The Morgan fingerprint density at radius 1 is 0.933 bits per heavy atom. The summed E-state index contributed by atoms with van der Waals surface area (Å²) < 4.78 is 0. The van der Waals surface area contributed by atoms with Gasteiger partial charge in [0.25, 0.3) is 0 Å². The van der Waals surface area contributed by atoms with Gasteiger partial charge in [-0.05, 0) is 31.1 Å². The molecule has 0 spiro atoms. The molecule has 0 radical (unpaired) electrons. The fourth-order valence-corrected chi connectivity index (χ4v) is 3.45. The van der Waals surface area contributed by atoms with Crippen LogP contribution in [0.25, 0.3) is 0 Å². The van der Waals surface area contributed by atoms with E-state index in [1.807, 2.05) is 0 Å². The Balaban J connectivity index is 2.17. The highest BCUT2D eigenvalue weighted by molar-refractivity contribution is 5.87. The van der Waals surface area contributed by atoms with Gasteiger partial charge in [0, 0.05) is 24.7 Å². The van der Waals surface area contributed by atoms with Gasteiger partial charge in [-0.15, -0.1) is 0 Å². The molecule has 0 bridgehead atoms. The second-order valence-electron chi connectivity index (χ2n) is 5.64. The molecule has 2 fully saturated rings. The van der Waals surface area contributed by atoms with Gasteiger partial charge in [-0.2, -0.15) is 0 Å². The topological polar surface area (TPSA) is 34.1 Å². The van der Waals surface area contributed by atoms with Crippen molar-refractivity contribution in [3.05, 3.63) is 0 Å². The highest BCUT2D eigenvalue weighted by atomic mass is 16.1. The Labute approximate surface area is 91.4 Å². The number of ketones is 2. The molecule has 2 rings (SSSR count). The first kappa shape index (κ1) is 10.8. The molecule has 2 atom stereocenters. The van der Waals surface area contributed by atoms with E-state index < -0.39 is 0 Å². The first-order chi connectivity index (χ1) is 7.03. The van der Waals surface area contributed by atoms with Gasteiger partial charge in [0.15, 0.2) is 0 Å². The maximum Gasteiger partial charge on any atom is 0.136 e. The van der Waals surface area contributed by atoms with E-state index in [1.54, 1.807) is 0 Å². The van der Waals surface area contributed by atoms with E-state index in [-0.39, 0.29) is 17.3 Å². The molecule has 0 N–H and O–H groups in total. The normalized spacial score (nSPS) is 32.7. The van der Waals surface area contributed by atoms with Crippen LogP contribution >= 0.6 is 0 Å². The van der Waals surface area contributed by atoms with Gasteiger partial charge in [-0.25, -0.2) is 0 Å². The van der Waals surface area contributed by atoms with Gasteiger partial charge in [0.1, 0.15) is 11.6 Å². The van der Waals surface area contributed by atoms with Crippen molar-refractivity contribution in [2.75, 3.05) is 0 Å². The average molecular weight is 208 g/mol. The monoisotopic (exact) mass is 208 g/mol. The van der Waals surface area contributed by atoms with Crippen molar-refractivity contribution in [1.29, 1.82) is 0 Å². The second kappa shape index (κ2) is 3.73. The summed E-state index contributed by atoms with van der Waals surface area (Å²) in [6.45, 7) is 4.24. The van der Waals surface area contributed by atoms with Crippen LogP contribution in [0.1, 0.15) is 52.4 Å². The molecule has 15 heavy (non-hydrogen) atoms. The second-order valence-corrected chi connectivity index (χ2v) is 5.64. The average Bonchev–Trinajstić information content (AvgIpc) is 2.73. The van der Waals surface area contributed by atoms with Crippen molar-refractivity contribution in [2.24, 2.45) is 17.3 Å². The smallest absolute Gasteiger partial charge is 0.136 e. The Morgan fingerprint density at radius 2 is 1.33 bits per heavy atom. The van der Waals surface area contributed by atoms with Crippen LogP contribution in [0.3, 0.4) is 0 Å². The third-order valence-electron chi connectivity index (χ3n) is 4.41. The van der Waals surface area contributed by atoms with E-state index in [2.05, 4.69) is 13.8 Å². The minimum atomic E-state index is -0.0961. The zero-order chi connectivity index (χ0) is 11.1. The minimum Gasteiger partial charge on any atom is -0.299 e. The van der Waals surface area contributed by atoms with Crippen LogP contribution < -0.4 is 0 Å². The molecule has 0 aliphatic heterocycles. The molecule has 0 aromatic rings. The van der Waals surface area contributed by atoms with Crippen LogP contribution in [-0.4, -0.2) is 11.6 Å². The molecule has 0 amide bonds. The standard InChI is InChI=1S/C13H20O2/c1-13(2,9-5-3-7-11(9)14)10-6-4-8-12(10)15/h9-10H,3-8H2,1-2H3. The summed E-state index contributed by atoms with van der Waals surface area (Å²) in [5.41, 5.74) is -0.0961. The van der Waals surface area contributed by atoms with Gasteiger partial charge in [-0.3, -0.25) is 9.59 Å². The summed E-state index contributed by atoms with van der Waals surface area (Å²) in [7, 11) is 0. The molecule has 84 valence electrons. The molecule has 2 saturated carbocycles. The summed E-state index contributed by atoms with van der Waals surface area (Å²) in [6, 6.07) is 0. The number of rotatable bonds is 2. The van der Waals surface area contributed by atoms with Crippen molar-refractivity contribution in [3.63, 3.8) is 0 Å². The van der Waals surface area contributed by atoms with Crippen molar-refractivity contribution in [2.45, 2.75) is 52.4 Å². The number of carbonyl (C=O) groups is 2. The third kappa shape index (κ3) is 1.75. The van der Waals surface area contributed by atoms with Crippen LogP contribution in [0, 0.1) is 17.3 Å². The molecule has 2 heteroatoms. The van der Waals surface area contributed by atoms with Gasteiger partial charge < -0.3 is 0 Å². The van der Waals surface area contributed by atoms with E-state index in [4.69, 9.17) is 0 Å². The van der Waals surface area contributed by atoms with E-state index >= 15 is 0 Å². The van der Waals surface area contributed by atoms with E-state index in [0.717, 1.165) is 38.5 Å². The number of carbonyl (C=O) groups excluding carboxylic acids is 2. The predicted molar refractivity (Wildman–Crippen MR) is 58.5 cm³/mol. The van der Waals surface area contributed by atoms with Gasteiger partial charge in [-0.1, -0.05) is 13.8 Å². The van der Waals surface area contributed by atoms with Crippen molar-refractivity contribution in [3.8, 4) is 0 Å².